The van der Waals surface area contributed by atoms with Crippen molar-refractivity contribution in [2.24, 2.45) is 17.1 Å². The molecule has 2 atom stereocenters. The van der Waals surface area contributed by atoms with Gasteiger partial charge in [-0.05, 0) is 38.3 Å². The van der Waals surface area contributed by atoms with E-state index in [0.29, 0.717) is 17.9 Å². The maximum atomic E-state index is 7.55. The summed E-state index contributed by atoms with van der Waals surface area (Å²) in [7, 11) is 1.82. The van der Waals surface area contributed by atoms with Gasteiger partial charge in [-0.15, -0.1) is 0 Å². The number of ether oxygens (including phenoxy) is 1. The Morgan fingerprint density at radius 1 is 1.42 bits per heavy atom. The Morgan fingerprint density at radius 2 is 2.11 bits per heavy atom. The molecule has 2 unspecified atom stereocenters. The van der Waals surface area contributed by atoms with Crippen molar-refractivity contribution >= 4 is 5.84 Å². The standard InChI is InChI=1S/C15H31N3O/c1-12-7-10-18(11-13(12)19-4)9-6-5-8-15(2,3)14(16)17/h12-13H,5-11H2,1-4H3,(H3,16,17). The van der Waals surface area contributed by atoms with Gasteiger partial charge >= 0.3 is 0 Å². The second-order valence-electron chi connectivity index (χ2n) is 6.60. The van der Waals surface area contributed by atoms with Gasteiger partial charge in [-0.2, -0.15) is 0 Å². The van der Waals surface area contributed by atoms with E-state index in [1.165, 1.54) is 19.4 Å². The first kappa shape index (κ1) is 16.4. The molecule has 19 heavy (non-hydrogen) atoms. The van der Waals surface area contributed by atoms with Crippen molar-refractivity contribution in [1.82, 2.24) is 4.90 Å². The van der Waals surface area contributed by atoms with Gasteiger partial charge in [0.15, 0.2) is 0 Å². The summed E-state index contributed by atoms with van der Waals surface area (Å²) >= 11 is 0. The van der Waals surface area contributed by atoms with Crippen LogP contribution in [0.5, 0.6) is 0 Å². The summed E-state index contributed by atoms with van der Waals surface area (Å²) in [5.41, 5.74) is 5.46. The van der Waals surface area contributed by atoms with Gasteiger partial charge in [-0.3, -0.25) is 5.41 Å². The molecule has 0 aromatic heterocycles. The highest BCUT2D eigenvalue weighted by Crippen LogP contribution is 2.24. The number of methoxy groups -OCH3 is 1. The third-order valence-electron chi connectivity index (χ3n) is 4.53. The Kier molecular flexibility index (Phi) is 6.27. The monoisotopic (exact) mass is 269 g/mol. The smallest absolute Gasteiger partial charge is 0.0963 e. The van der Waals surface area contributed by atoms with Gasteiger partial charge in [0.1, 0.15) is 0 Å². The quantitative estimate of drug-likeness (QED) is 0.424. The topological polar surface area (TPSA) is 62.3 Å². The average molecular weight is 269 g/mol. The molecule has 4 heteroatoms. The van der Waals surface area contributed by atoms with Crippen LogP contribution in [0.25, 0.3) is 0 Å². The van der Waals surface area contributed by atoms with Crippen LogP contribution >= 0.6 is 0 Å². The SMILES string of the molecule is COC1CN(CCCCC(C)(C)C(=N)N)CCC1C. The minimum absolute atomic E-state index is 0.147. The van der Waals surface area contributed by atoms with Crippen molar-refractivity contribution < 1.29 is 4.74 Å². The number of nitrogens with one attached hydrogen (secondary N) is 1. The van der Waals surface area contributed by atoms with Crippen LogP contribution in [0.15, 0.2) is 0 Å². The maximum absolute atomic E-state index is 7.55. The molecule has 0 aromatic carbocycles. The Labute approximate surface area is 118 Å². The second-order valence-corrected chi connectivity index (χ2v) is 6.60. The predicted octanol–water partition coefficient (Wildman–Crippen LogP) is 2.48. The molecule has 1 rings (SSSR count). The van der Waals surface area contributed by atoms with E-state index in [4.69, 9.17) is 15.9 Å². The number of piperidine rings is 1. The van der Waals surface area contributed by atoms with Gasteiger partial charge in [-0.1, -0.05) is 27.2 Å². The number of likely N-dealkylation sites (tertiary alicyclic amines) is 1. The van der Waals surface area contributed by atoms with E-state index in [-0.39, 0.29) is 5.41 Å². The molecule has 0 radical (unpaired) electrons. The number of hydrogen-bond acceptors (Lipinski definition) is 3. The molecule has 4 nitrogen and oxygen atoms in total. The minimum Gasteiger partial charge on any atom is -0.387 e. The minimum atomic E-state index is -0.147. The van der Waals surface area contributed by atoms with Crippen LogP contribution in [0.3, 0.4) is 0 Å². The van der Waals surface area contributed by atoms with Crippen molar-refractivity contribution in [1.29, 1.82) is 5.41 Å². The molecule has 0 bridgehead atoms. The van der Waals surface area contributed by atoms with Crippen molar-refractivity contribution in [3.05, 3.63) is 0 Å². The fraction of sp³-hybridized carbons (Fsp3) is 0.933. The normalized spacial score (nSPS) is 25.5. The Balaban J connectivity index is 2.21. The fourth-order valence-electron chi connectivity index (χ4n) is 2.64. The van der Waals surface area contributed by atoms with Crippen LogP contribution < -0.4 is 5.73 Å². The van der Waals surface area contributed by atoms with E-state index in [1.54, 1.807) is 0 Å². The first-order valence-electron chi connectivity index (χ1n) is 7.46. The second kappa shape index (κ2) is 7.25. The summed E-state index contributed by atoms with van der Waals surface area (Å²) in [6.45, 7) is 9.78. The molecule has 1 aliphatic heterocycles. The highest BCUT2D eigenvalue weighted by molar-refractivity contribution is 5.82. The van der Waals surface area contributed by atoms with E-state index in [2.05, 4.69) is 25.7 Å². The van der Waals surface area contributed by atoms with Gasteiger partial charge in [0.2, 0.25) is 0 Å². The number of nitrogens with zero attached hydrogens (tertiary/aromatic N) is 1. The first-order chi connectivity index (χ1) is 8.86. The van der Waals surface area contributed by atoms with E-state index in [9.17, 15) is 0 Å². The largest absolute Gasteiger partial charge is 0.387 e. The summed E-state index contributed by atoms with van der Waals surface area (Å²) in [6.07, 6.45) is 4.94. The summed E-state index contributed by atoms with van der Waals surface area (Å²) in [6, 6.07) is 0. The Hall–Kier alpha value is -0.610. The molecule has 1 saturated heterocycles. The fourth-order valence-corrected chi connectivity index (χ4v) is 2.64. The summed E-state index contributed by atoms with van der Waals surface area (Å²) < 4.78 is 5.54. The van der Waals surface area contributed by atoms with Crippen LogP contribution in [0, 0.1) is 16.7 Å². The highest BCUT2D eigenvalue weighted by Gasteiger charge is 2.26. The van der Waals surface area contributed by atoms with E-state index in [1.807, 2.05) is 7.11 Å². The van der Waals surface area contributed by atoms with Gasteiger partial charge < -0.3 is 15.4 Å². The van der Waals surface area contributed by atoms with Gasteiger partial charge in [0.25, 0.3) is 0 Å². The number of unbranched alkanes of at least 4 members (excludes halogenated alkanes) is 1. The molecule has 1 aliphatic rings. The molecule has 3 N–H and O–H groups in total. The Bertz CT molecular complexity index is 291. The van der Waals surface area contributed by atoms with E-state index < -0.39 is 0 Å². The molecule has 1 heterocycles. The van der Waals surface area contributed by atoms with Crippen molar-refractivity contribution in [2.75, 3.05) is 26.7 Å². The zero-order valence-electron chi connectivity index (χ0n) is 13.0. The summed E-state index contributed by atoms with van der Waals surface area (Å²) in [4.78, 5) is 2.51. The summed E-state index contributed by atoms with van der Waals surface area (Å²) in [5.74, 6) is 0.983. The molecular formula is C15H31N3O. The molecule has 0 amide bonds. The van der Waals surface area contributed by atoms with Gasteiger partial charge in [-0.25, -0.2) is 0 Å². The predicted molar refractivity (Wildman–Crippen MR) is 80.6 cm³/mol. The molecule has 1 fully saturated rings. The average Bonchev–Trinajstić information content (AvgIpc) is 2.36. The van der Waals surface area contributed by atoms with Crippen LogP contribution in [0.2, 0.25) is 0 Å². The van der Waals surface area contributed by atoms with Gasteiger partial charge in [0, 0.05) is 19.1 Å². The molecule has 0 spiro atoms. The van der Waals surface area contributed by atoms with Gasteiger partial charge in [0.05, 0.1) is 11.9 Å². The van der Waals surface area contributed by atoms with E-state index >= 15 is 0 Å². The zero-order chi connectivity index (χ0) is 14.5. The maximum Gasteiger partial charge on any atom is 0.0963 e. The van der Waals surface area contributed by atoms with Crippen LogP contribution in [-0.2, 0) is 4.74 Å². The Morgan fingerprint density at radius 3 is 2.68 bits per heavy atom. The molecular weight excluding hydrogens is 238 g/mol. The lowest BCUT2D eigenvalue weighted by atomic mass is 9.86. The van der Waals surface area contributed by atoms with Crippen molar-refractivity contribution in [3.8, 4) is 0 Å². The molecule has 112 valence electrons. The molecule has 0 aromatic rings. The van der Waals surface area contributed by atoms with Crippen LogP contribution in [0.1, 0.15) is 46.5 Å². The number of hydrogen-bond donors (Lipinski definition) is 2. The third-order valence-corrected chi connectivity index (χ3v) is 4.53. The first-order valence-corrected chi connectivity index (χ1v) is 7.46. The lowest BCUT2D eigenvalue weighted by Gasteiger charge is -2.36. The lowest BCUT2D eigenvalue weighted by molar-refractivity contribution is -0.00534. The van der Waals surface area contributed by atoms with Crippen LogP contribution in [0.4, 0.5) is 0 Å². The highest BCUT2D eigenvalue weighted by atomic mass is 16.5. The van der Waals surface area contributed by atoms with E-state index in [0.717, 1.165) is 25.9 Å². The van der Waals surface area contributed by atoms with Crippen molar-refractivity contribution in [3.63, 3.8) is 0 Å². The van der Waals surface area contributed by atoms with Crippen LogP contribution in [-0.4, -0.2) is 43.6 Å². The zero-order valence-corrected chi connectivity index (χ0v) is 13.0. The number of amidine groups is 1. The molecule has 0 aliphatic carbocycles. The number of rotatable bonds is 7. The molecule has 0 saturated carbocycles. The summed E-state index contributed by atoms with van der Waals surface area (Å²) in [5, 5.41) is 7.55. The van der Waals surface area contributed by atoms with Crippen molar-refractivity contribution in [2.45, 2.75) is 52.6 Å². The third kappa shape index (κ3) is 5.11. The lowest BCUT2D eigenvalue weighted by Crippen LogP contribution is -2.44. The number of nitrogens with two attached hydrogens (primary N) is 1.